The van der Waals surface area contributed by atoms with E-state index in [0.29, 0.717) is 6.04 Å². The molecule has 0 aliphatic heterocycles. The highest BCUT2D eigenvalue weighted by Crippen LogP contribution is 2.25. The Morgan fingerprint density at radius 2 is 1.81 bits per heavy atom. The first kappa shape index (κ1) is 16.4. The predicted molar refractivity (Wildman–Crippen MR) is 94.4 cm³/mol. The molecule has 0 radical (unpaired) electrons. The first-order chi connectivity index (χ1) is 10.2. The third-order valence-corrected chi connectivity index (χ3v) is 4.65. The first-order valence-corrected chi connectivity index (χ1v) is 8.95. The number of hydrogen-bond acceptors (Lipinski definition) is 2. The minimum atomic E-state index is 0.306. The van der Waals surface area contributed by atoms with E-state index in [1.54, 1.807) is 11.8 Å². The number of halogens is 1. The van der Waals surface area contributed by atoms with Crippen molar-refractivity contribution in [2.75, 3.05) is 12.8 Å². The van der Waals surface area contributed by atoms with Gasteiger partial charge >= 0.3 is 0 Å². The van der Waals surface area contributed by atoms with Gasteiger partial charge in [-0.1, -0.05) is 48.9 Å². The number of hydrogen-bond donors (Lipinski definition) is 1. The summed E-state index contributed by atoms with van der Waals surface area (Å²) in [5.41, 5.74) is 2.52. The molecule has 0 aliphatic rings. The standard InChI is InChI=1S/C18H22ClNS/c1-3-12-20-18(13-15-6-4-5-7-17(15)19)14-8-10-16(21-2)11-9-14/h4-11,18,20H,3,12-13H2,1-2H3. The van der Waals surface area contributed by atoms with Gasteiger partial charge in [-0.05, 0) is 55.0 Å². The van der Waals surface area contributed by atoms with E-state index in [9.17, 15) is 0 Å². The number of nitrogens with one attached hydrogen (secondary N) is 1. The molecule has 112 valence electrons. The molecular weight excluding hydrogens is 298 g/mol. The lowest BCUT2D eigenvalue weighted by Crippen LogP contribution is -2.24. The van der Waals surface area contributed by atoms with Gasteiger partial charge in [-0.2, -0.15) is 0 Å². The fraction of sp³-hybridized carbons (Fsp3) is 0.333. The van der Waals surface area contributed by atoms with Gasteiger partial charge in [-0.3, -0.25) is 0 Å². The molecule has 1 nitrogen and oxygen atoms in total. The van der Waals surface area contributed by atoms with Gasteiger partial charge in [0.05, 0.1) is 0 Å². The van der Waals surface area contributed by atoms with Crippen LogP contribution in [0, 0.1) is 0 Å². The molecule has 0 saturated carbocycles. The Kier molecular flexibility index (Phi) is 6.62. The molecule has 1 atom stereocenters. The zero-order chi connectivity index (χ0) is 15.1. The molecular formula is C18H22ClNS. The van der Waals surface area contributed by atoms with E-state index < -0.39 is 0 Å². The fourth-order valence-electron chi connectivity index (χ4n) is 2.35. The Morgan fingerprint density at radius 3 is 2.43 bits per heavy atom. The van der Waals surface area contributed by atoms with Crippen LogP contribution in [-0.2, 0) is 6.42 Å². The normalized spacial score (nSPS) is 12.3. The average Bonchev–Trinajstić information content (AvgIpc) is 2.53. The topological polar surface area (TPSA) is 12.0 Å². The van der Waals surface area contributed by atoms with Crippen LogP contribution in [-0.4, -0.2) is 12.8 Å². The smallest absolute Gasteiger partial charge is 0.0438 e. The molecule has 0 bridgehead atoms. The average molecular weight is 320 g/mol. The Balaban J connectivity index is 2.18. The molecule has 0 fully saturated rings. The summed E-state index contributed by atoms with van der Waals surface area (Å²) in [5, 5.41) is 4.48. The lowest BCUT2D eigenvalue weighted by molar-refractivity contribution is 0.529. The molecule has 21 heavy (non-hydrogen) atoms. The maximum absolute atomic E-state index is 6.31. The zero-order valence-electron chi connectivity index (χ0n) is 12.6. The molecule has 2 rings (SSSR count). The lowest BCUT2D eigenvalue weighted by atomic mass is 9.98. The third-order valence-electron chi connectivity index (χ3n) is 3.54. The van der Waals surface area contributed by atoms with Crippen molar-refractivity contribution in [2.45, 2.75) is 30.7 Å². The van der Waals surface area contributed by atoms with Crippen LogP contribution in [0.3, 0.4) is 0 Å². The van der Waals surface area contributed by atoms with Crippen molar-refractivity contribution in [3.63, 3.8) is 0 Å². The first-order valence-electron chi connectivity index (χ1n) is 7.35. The van der Waals surface area contributed by atoms with E-state index in [-0.39, 0.29) is 0 Å². The summed E-state index contributed by atoms with van der Waals surface area (Å²) in [4.78, 5) is 1.30. The predicted octanol–water partition coefficient (Wildman–Crippen LogP) is 5.35. The molecule has 3 heteroatoms. The van der Waals surface area contributed by atoms with Crippen LogP contribution < -0.4 is 5.32 Å². The van der Waals surface area contributed by atoms with Crippen molar-refractivity contribution in [3.05, 3.63) is 64.7 Å². The molecule has 0 aliphatic carbocycles. The highest BCUT2D eigenvalue weighted by atomic mass is 35.5. The van der Waals surface area contributed by atoms with E-state index in [2.05, 4.69) is 54.9 Å². The van der Waals surface area contributed by atoms with Crippen molar-refractivity contribution >= 4 is 23.4 Å². The van der Waals surface area contributed by atoms with Crippen LogP contribution in [0.5, 0.6) is 0 Å². The van der Waals surface area contributed by atoms with Crippen LogP contribution in [0.2, 0.25) is 5.02 Å². The fourth-order valence-corrected chi connectivity index (χ4v) is 2.97. The summed E-state index contributed by atoms with van der Waals surface area (Å²) < 4.78 is 0. The summed E-state index contributed by atoms with van der Waals surface area (Å²) in [6.07, 6.45) is 4.14. The summed E-state index contributed by atoms with van der Waals surface area (Å²) in [6.45, 7) is 3.20. The minimum Gasteiger partial charge on any atom is -0.310 e. The van der Waals surface area contributed by atoms with Gasteiger partial charge in [0.2, 0.25) is 0 Å². The SMILES string of the molecule is CCCNC(Cc1ccccc1Cl)c1ccc(SC)cc1. The molecule has 2 aromatic rings. The molecule has 1 N–H and O–H groups in total. The van der Waals surface area contributed by atoms with E-state index >= 15 is 0 Å². The van der Waals surface area contributed by atoms with Gasteiger partial charge in [-0.25, -0.2) is 0 Å². The maximum atomic E-state index is 6.31. The van der Waals surface area contributed by atoms with Crippen molar-refractivity contribution in [2.24, 2.45) is 0 Å². The summed E-state index contributed by atoms with van der Waals surface area (Å²) in [7, 11) is 0. The lowest BCUT2D eigenvalue weighted by Gasteiger charge is -2.20. The van der Waals surface area contributed by atoms with Crippen molar-refractivity contribution in [1.29, 1.82) is 0 Å². The van der Waals surface area contributed by atoms with Crippen LogP contribution in [0.15, 0.2) is 53.4 Å². The summed E-state index contributed by atoms with van der Waals surface area (Å²) >= 11 is 8.08. The molecule has 0 saturated heterocycles. The van der Waals surface area contributed by atoms with Gasteiger partial charge in [-0.15, -0.1) is 11.8 Å². The second kappa shape index (κ2) is 8.47. The van der Waals surface area contributed by atoms with E-state index in [1.165, 1.54) is 16.0 Å². The van der Waals surface area contributed by atoms with E-state index in [4.69, 9.17) is 11.6 Å². The van der Waals surface area contributed by atoms with Crippen molar-refractivity contribution in [1.82, 2.24) is 5.32 Å². The van der Waals surface area contributed by atoms with Gasteiger partial charge in [0.1, 0.15) is 0 Å². The van der Waals surface area contributed by atoms with Crippen LogP contribution >= 0.6 is 23.4 Å². The largest absolute Gasteiger partial charge is 0.310 e. The third kappa shape index (κ3) is 4.77. The van der Waals surface area contributed by atoms with Crippen LogP contribution in [0.4, 0.5) is 0 Å². The molecule has 2 aromatic carbocycles. The van der Waals surface area contributed by atoms with Gasteiger partial charge in [0, 0.05) is 16.0 Å². The van der Waals surface area contributed by atoms with Crippen LogP contribution in [0.25, 0.3) is 0 Å². The highest BCUT2D eigenvalue weighted by Gasteiger charge is 2.13. The Hall–Kier alpha value is -0.960. The zero-order valence-corrected chi connectivity index (χ0v) is 14.2. The maximum Gasteiger partial charge on any atom is 0.0438 e. The van der Waals surface area contributed by atoms with Gasteiger partial charge < -0.3 is 5.32 Å². The highest BCUT2D eigenvalue weighted by molar-refractivity contribution is 7.98. The van der Waals surface area contributed by atoms with E-state index in [1.807, 2.05) is 12.1 Å². The second-order valence-corrected chi connectivity index (χ2v) is 6.36. The van der Waals surface area contributed by atoms with Crippen molar-refractivity contribution < 1.29 is 0 Å². The Morgan fingerprint density at radius 1 is 1.10 bits per heavy atom. The quantitative estimate of drug-likeness (QED) is 0.691. The molecule has 0 heterocycles. The number of thioether (sulfide) groups is 1. The van der Waals surface area contributed by atoms with Crippen molar-refractivity contribution in [3.8, 4) is 0 Å². The van der Waals surface area contributed by atoms with Crippen LogP contribution in [0.1, 0.15) is 30.5 Å². The molecule has 0 spiro atoms. The number of benzene rings is 2. The Bertz CT molecular complexity index is 553. The second-order valence-electron chi connectivity index (χ2n) is 5.08. The summed E-state index contributed by atoms with van der Waals surface area (Å²) in [6, 6.07) is 17.2. The molecule has 1 unspecified atom stereocenters. The van der Waals surface area contributed by atoms with Gasteiger partial charge in [0.25, 0.3) is 0 Å². The monoisotopic (exact) mass is 319 g/mol. The Labute approximate surface area is 137 Å². The number of rotatable bonds is 7. The minimum absolute atomic E-state index is 0.306. The molecule has 0 amide bonds. The van der Waals surface area contributed by atoms with Gasteiger partial charge in [0.15, 0.2) is 0 Å². The van der Waals surface area contributed by atoms with E-state index in [0.717, 1.165) is 24.4 Å². The summed E-state index contributed by atoms with van der Waals surface area (Å²) in [5.74, 6) is 0. The molecule has 0 aromatic heterocycles.